The third-order valence-corrected chi connectivity index (χ3v) is 4.75. The highest BCUT2D eigenvalue weighted by molar-refractivity contribution is 14.1. The van der Waals surface area contributed by atoms with E-state index in [0.717, 1.165) is 0 Å². The van der Waals surface area contributed by atoms with Gasteiger partial charge in [0.05, 0.1) is 0 Å². The average molecular weight is 626 g/mol. The van der Waals surface area contributed by atoms with Crippen molar-refractivity contribution >= 4 is 32.7 Å². The minimum Gasteiger partial charge on any atom is -0.192 e. The Hall–Kier alpha value is -0.550. The molecule has 0 aromatic rings. The smallest absolute Gasteiger partial charge is 0.192 e. The van der Waals surface area contributed by atoms with Crippen LogP contribution in [-0.4, -0.2) is 53.6 Å². The van der Waals surface area contributed by atoms with Crippen molar-refractivity contribution in [1.29, 1.82) is 0 Å². The summed E-state index contributed by atoms with van der Waals surface area (Å²) >= 11 is -0.924. The van der Waals surface area contributed by atoms with Crippen molar-refractivity contribution in [3.05, 3.63) is 0 Å². The Morgan fingerprint density at radius 2 is 0.867 bits per heavy atom. The molecule has 0 unspecified atom stereocenters. The van der Waals surface area contributed by atoms with E-state index >= 15 is 0 Å². The van der Waals surface area contributed by atoms with Crippen LogP contribution in [0.2, 0.25) is 0 Å². The van der Waals surface area contributed by atoms with E-state index in [4.69, 9.17) is 0 Å². The molecule has 0 aromatic heterocycles. The molecule has 0 saturated carbocycles. The molecule has 0 aromatic carbocycles. The second-order valence-electron chi connectivity index (χ2n) is 4.86. The van der Waals surface area contributed by atoms with E-state index in [9.17, 15) is 83.1 Å². The summed E-state index contributed by atoms with van der Waals surface area (Å²) < 4.78 is 231. The molecule has 0 fully saturated rings. The topological polar surface area (TPSA) is 43.4 Å². The van der Waals surface area contributed by atoms with Crippen LogP contribution in [0.25, 0.3) is 0 Å². The summed E-state index contributed by atoms with van der Waals surface area (Å²) in [7, 11) is -8.78. The van der Waals surface area contributed by atoms with Crippen LogP contribution < -0.4 is 0 Å². The minimum absolute atomic E-state index is 0.924. The molecular formula is C8F17IO3S. The fraction of sp³-hybridized carbons (Fsp3) is 1.00. The zero-order chi connectivity index (χ0) is 25.2. The lowest BCUT2D eigenvalue weighted by molar-refractivity contribution is -0.398. The standard InChI is InChI=1S/C8F17IO3S/c9-1(10,5(17,18)19)4(15,16)8(24,25)30(27,28)29-7(22,23)3(13,14)2(11,12)6(20,21)26. The molecule has 182 valence electrons. The summed E-state index contributed by atoms with van der Waals surface area (Å²) in [4.78, 5) is 0. The van der Waals surface area contributed by atoms with Gasteiger partial charge in [-0.1, -0.05) is 0 Å². The van der Waals surface area contributed by atoms with Crippen LogP contribution in [0.5, 0.6) is 0 Å². The Morgan fingerprint density at radius 3 is 1.13 bits per heavy atom. The Morgan fingerprint density at radius 1 is 0.533 bits per heavy atom. The van der Waals surface area contributed by atoms with Gasteiger partial charge in [0.2, 0.25) is 0 Å². The molecule has 0 rings (SSSR count). The maximum Gasteiger partial charge on any atom is 0.460 e. The molecule has 0 aliphatic rings. The molecule has 0 radical (unpaired) electrons. The third kappa shape index (κ3) is 4.10. The lowest BCUT2D eigenvalue weighted by Crippen LogP contribution is -2.66. The van der Waals surface area contributed by atoms with Gasteiger partial charge in [-0.3, -0.25) is 0 Å². The van der Waals surface area contributed by atoms with Crippen molar-refractivity contribution in [2.75, 3.05) is 0 Å². The molecular weight excluding hydrogens is 626 g/mol. The van der Waals surface area contributed by atoms with Gasteiger partial charge in [-0.25, -0.2) is 0 Å². The summed E-state index contributed by atoms with van der Waals surface area (Å²) in [5.41, 5.74) is 0. The summed E-state index contributed by atoms with van der Waals surface area (Å²) in [5, 5.41) is -8.14. The Bertz CT molecular complexity index is 748. The van der Waals surface area contributed by atoms with E-state index in [0.29, 0.717) is 0 Å². The molecule has 0 spiro atoms. The molecule has 0 aliphatic carbocycles. The van der Waals surface area contributed by atoms with E-state index in [1.54, 1.807) is 0 Å². The zero-order valence-electron chi connectivity index (χ0n) is 12.4. The lowest BCUT2D eigenvalue weighted by Gasteiger charge is -2.36. The predicted molar refractivity (Wildman–Crippen MR) is 64.7 cm³/mol. The van der Waals surface area contributed by atoms with Crippen LogP contribution in [0.3, 0.4) is 0 Å². The van der Waals surface area contributed by atoms with E-state index in [1.165, 1.54) is 4.18 Å². The monoisotopic (exact) mass is 626 g/mol. The van der Waals surface area contributed by atoms with Crippen molar-refractivity contribution in [3.63, 3.8) is 0 Å². The Kier molecular flexibility index (Phi) is 7.10. The SMILES string of the molecule is O=S(=O)(OC(F)(F)C(F)(F)C(F)(F)C(F)(F)I)C(F)(F)C(F)(F)C(F)(F)C(F)(F)F. The summed E-state index contributed by atoms with van der Waals surface area (Å²) in [5.74, 6) is -31.5. The molecule has 30 heavy (non-hydrogen) atoms. The van der Waals surface area contributed by atoms with Gasteiger partial charge in [0, 0.05) is 22.6 Å². The lowest BCUT2D eigenvalue weighted by atomic mass is 10.1. The van der Waals surface area contributed by atoms with E-state index < -0.39 is 77.9 Å². The molecule has 3 nitrogen and oxygen atoms in total. The van der Waals surface area contributed by atoms with Crippen LogP contribution in [-0.2, 0) is 14.3 Å². The van der Waals surface area contributed by atoms with Crippen molar-refractivity contribution in [1.82, 2.24) is 0 Å². The molecule has 0 aliphatic heterocycles. The van der Waals surface area contributed by atoms with Crippen LogP contribution in [0.1, 0.15) is 0 Å². The first-order valence-electron chi connectivity index (χ1n) is 5.81. The first-order chi connectivity index (χ1) is 12.5. The van der Waals surface area contributed by atoms with E-state index in [2.05, 4.69) is 0 Å². The maximum absolute atomic E-state index is 13.1. The zero-order valence-corrected chi connectivity index (χ0v) is 15.4. The van der Waals surface area contributed by atoms with Crippen LogP contribution in [0.15, 0.2) is 0 Å². The van der Waals surface area contributed by atoms with Gasteiger partial charge < -0.3 is 0 Å². The van der Waals surface area contributed by atoms with Crippen molar-refractivity contribution in [2.24, 2.45) is 0 Å². The first-order valence-corrected chi connectivity index (χ1v) is 8.30. The summed E-state index contributed by atoms with van der Waals surface area (Å²) in [6.07, 6.45) is -15.5. The molecule has 0 atom stereocenters. The summed E-state index contributed by atoms with van der Waals surface area (Å²) in [6.45, 7) is 0. The average Bonchev–Trinajstić information content (AvgIpc) is 2.42. The van der Waals surface area contributed by atoms with Crippen LogP contribution >= 0.6 is 22.6 Å². The first kappa shape index (κ1) is 29.5. The highest BCUT2D eigenvalue weighted by Crippen LogP contribution is 2.58. The number of hydrogen-bond donors (Lipinski definition) is 0. The molecule has 0 heterocycles. The quantitative estimate of drug-likeness (QED) is 0.152. The van der Waals surface area contributed by atoms with E-state index in [-0.39, 0.29) is 0 Å². The fourth-order valence-electron chi connectivity index (χ4n) is 1.12. The number of alkyl halides is 18. The maximum atomic E-state index is 13.1. The van der Waals surface area contributed by atoms with Gasteiger partial charge in [0.1, 0.15) is 0 Å². The molecule has 0 saturated heterocycles. The normalized spacial score (nSPS) is 16.7. The molecule has 0 amide bonds. The Balaban J connectivity index is 6.49. The van der Waals surface area contributed by atoms with Gasteiger partial charge in [-0.2, -0.15) is 87.2 Å². The fourth-order valence-corrected chi connectivity index (χ4v) is 2.39. The number of hydrogen-bond acceptors (Lipinski definition) is 3. The number of rotatable bonds is 8. The van der Waals surface area contributed by atoms with Gasteiger partial charge >= 0.3 is 55.3 Å². The predicted octanol–water partition coefficient (Wildman–Crippen LogP) is 5.65. The van der Waals surface area contributed by atoms with Crippen molar-refractivity contribution in [2.45, 2.75) is 45.2 Å². The van der Waals surface area contributed by atoms with Gasteiger partial charge in [0.15, 0.2) is 0 Å². The van der Waals surface area contributed by atoms with Crippen molar-refractivity contribution < 1.29 is 87.2 Å². The number of halogens is 18. The Labute approximate surface area is 165 Å². The molecule has 22 heteroatoms. The van der Waals surface area contributed by atoms with Gasteiger partial charge in [-0.05, 0) is 0 Å². The highest BCUT2D eigenvalue weighted by Gasteiger charge is 2.88. The third-order valence-electron chi connectivity index (χ3n) is 2.76. The van der Waals surface area contributed by atoms with Gasteiger partial charge in [-0.15, -0.1) is 0 Å². The second-order valence-corrected chi connectivity index (χ2v) is 7.81. The largest absolute Gasteiger partial charge is 0.460 e. The van der Waals surface area contributed by atoms with E-state index in [1.807, 2.05) is 0 Å². The highest BCUT2D eigenvalue weighted by atomic mass is 127. The van der Waals surface area contributed by atoms with Crippen LogP contribution in [0.4, 0.5) is 74.6 Å². The minimum atomic E-state index is -8.78. The summed E-state index contributed by atoms with van der Waals surface area (Å²) in [6, 6.07) is 0. The van der Waals surface area contributed by atoms with Gasteiger partial charge in [0.25, 0.3) is 0 Å². The molecule has 0 bridgehead atoms. The molecule has 0 N–H and O–H groups in total. The second kappa shape index (κ2) is 7.23. The van der Waals surface area contributed by atoms with Crippen molar-refractivity contribution in [3.8, 4) is 0 Å². The van der Waals surface area contributed by atoms with Crippen LogP contribution in [0, 0.1) is 0 Å².